The summed E-state index contributed by atoms with van der Waals surface area (Å²) in [5.41, 5.74) is 3.12. The van der Waals surface area contributed by atoms with Crippen molar-refractivity contribution in [2.45, 2.75) is 0 Å². The third-order valence-corrected chi connectivity index (χ3v) is 3.63. The highest BCUT2D eigenvalue weighted by atomic mass is 32.1. The van der Waals surface area contributed by atoms with Crippen molar-refractivity contribution >= 4 is 27.5 Å². The van der Waals surface area contributed by atoms with Gasteiger partial charge in [0.1, 0.15) is 0 Å². The molecule has 4 nitrogen and oxygen atoms in total. The molecular weight excluding hydrogens is 274 g/mol. The number of fused-ring (bicyclic) bond motifs is 1. The van der Waals surface area contributed by atoms with Crippen LogP contribution in [0.15, 0.2) is 48.0 Å². The summed E-state index contributed by atoms with van der Waals surface area (Å²) in [5, 5.41) is 0. The molecule has 100 valence electrons. The summed E-state index contributed by atoms with van der Waals surface area (Å²) in [7, 11) is 1.54. The minimum Gasteiger partial charge on any atom is -0.493 e. The third kappa shape index (κ3) is 2.35. The van der Waals surface area contributed by atoms with Gasteiger partial charge in [-0.3, -0.25) is 0 Å². The minimum atomic E-state index is -0.412. The van der Waals surface area contributed by atoms with E-state index in [1.807, 2.05) is 12.1 Å². The molecule has 0 aliphatic heterocycles. The van der Waals surface area contributed by atoms with Crippen molar-refractivity contribution in [1.82, 2.24) is 4.98 Å². The Kier molecular flexibility index (Phi) is 3.35. The Labute approximate surface area is 119 Å². The van der Waals surface area contributed by atoms with E-state index >= 15 is 0 Å². The molecule has 20 heavy (non-hydrogen) atoms. The first kappa shape index (κ1) is 12.6. The molecule has 0 radical (unpaired) electrons. The Bertz CT molecular complexity index is 766. The highest BCUT2D eigenvalue weighted by Gasteiger charge is 2.12. The normalized spacial score (nSPS) is 10.4. The number of rotatable bonds is 3. The van der Waals surface area contributed by atoms with Crippen LogP contribution in [-0.2, 0) is 0 Å². The number of hydrogen-bond acceptors (Lipinski definition) is 5. The van der Waals surface area contributed by atoms with Crippen molar-refractivity contribution in [3.8, 4) is 11.5 Å². The molecule has 0 spiro atoms. The van der Waals surface area contributed by atoms with Gasteiger partial charge in [-0.2, -0.15) is 0 Å². The Hall–Kier alpha value is -2.40. The maximum absolute atomic E-state index is 12.2. The lowest BCUT2D eigenvalue weighted by molar-refractivity contribution is 0.0730. The van der Waals surface area contributed by atoms with Crippen LogP contribution in [0.3, 0.4) is 0 Å². The third-order valence-electron chi connectivity index (χ3n) is 2.84. The average Bonchev–Trinajstić information content (AvgIpc) is 2.95. The molecule has 3 rings (SSSR count). The summed E-state index contributed by atoms with van der Waals surface area (Å²) >= 11 is 1.49. The fourth-order valence-electron chi connectivity index (χ4n) is 1.84. The van der Waals surface area contributed by atoms with E-state index in [4.69, 9.17) is 9.47 Å². The lowest BCUT2D eigenvalue weighted by Gasteiger charge is -2.08. The predicted octanol–water partition coefficient (Wildman–Crippen LogP) is 3.52. The largest absolute Gasteiger partial charge is 0.493 e. The van der Waals surface area contributed by atoms with E-state index in [0.717, 1.165) is 10.2 Å². The van der Waals surface area contributed by atoms with Gasteiger partial charge in [0.05, 0.1) is 28.4 Å². The van der Waals surface area contributed by atoms with E-state index < -0.39 is 5.97 Å². The molecule has 1 aromatic heterocycles. The van der Waals surface area contributed by atoms with Crippen molar-refractivity contribution in [2.24, 2.45) is 0 Å². The number of methoxy groups -OCH3 is 1. The Morgan fingerprint density at radius 1 is 1.15 bits per heavy atom. The molecule has 0 bridgehead atoms. The molecule has 5 heteroatoms. The summed E-state index contributed by atoms with van der Waals surface area (Å²) < 4.78 is 11.5. The van der Waals surface area contributed by atoms with E-state index in [1.165, 1.54) is 18.4 Å². The molecule has 0 fully saturated rings. The number of esters is 1. The van der Waals surface area contributed by atoms with Gasteiger partial charge in [0.15, 0.2) is 11.5 Å². The van der Waals surface area contributed by atoms with Gasteiger partial charge in [0, 0.05) is 0 Å². The predicted molar refractivity (Wildman–Crippen MR) is 77.6 cm³/mol. The van der Waals surface area contributed by atoms with E-state index in [1.54, 1.807) is 35.8 Å². The van der Waals surface area contributed by atoms with Gasteiger partial charge in [-0.25, -0.2) is 9.78 Å². The van der Waals surface area contributed by atoms with Crippen LogP contribution in [0.5, 0.6) is 11.5 Å². The van der Waals surface area contributed by atoms with E-state index in [0.29, 0.717) is 17.1 Å². The molecule has 0 saturated heterocycles. The van der Waals surface area contributed by atoms with Crippen LogP contribution in [0.1, 0.15) is 10.4 Å². The number of carbonyl (C=O) groups is 1. The molecule has 0 aliphatic rings. The molecule has 0 unspecified atom stereocenters. The van der Waals surface area contributed by atoms with Crippen molar-refractivity contribution in [3.63, 3.8) is 0 Å². The molecule has 3 aromatic rings. The molecule has 1 heterocycles. The maximum atomic E-state index is 12.2. The minimum absolute atomic E-state index is 0.407. The first-order valence-corrected chi connectivity index (χ1v) is 6.84. The van der Waals surface area contributed by atoms with Crippen LogP contribution in [0.25, 0.3) is 10.2 Å². The van der Waals surface area contributed by atoms with Gasteiger partial charge in [-0.05, 0) is 30.3 Å². The first-order valence-electron chi connectivity index (χ1n) is 5.96. The molecule has 2 aromatic carbocycles. The van der Waals surface area contributed by atoms with Crippen molar-refractivity contribution in [1.29, 1.82) is 0 Å². The molecule has 0 aliphatic carbocycles. The Balaban J connectivity index is 1.88. The Morgan fingerprint density at radius 2 is 1.95 bits per heavy atom. The van der Waals surface area contributed by atoms with Crippen LogP contribution in [0.2, 0.25) is 0 Å². The van der Waals surface area contributed by atoms with Crippen LogP contribution in [0.4, 0.5) is 0 Å². The number of aromatic nitrogens is 1. The monoisotopic (exact) mass is 285 g/mol. The quantitative estimate of drug-likeness (QED) is 0.545. The van der Waals surface area contributed by atoms with Crippen LogP contribution < -0.4 is 9.47 Å². The van der Waals surface area contributed by atoms with Gasteiger partial charge in [-0.15, -0.1) is 11.3 Å². The van der Waals surface area contributed by atoms with Crippen LogP contribution in [0, 0.1) is 0 Å². The average molecular weight is 285 g/mol. The summed E-state index contributed by atoms with van der Waals surface area (Å²) in [5.74, 6) is 0.522. The van der Waals surface area contributed by atoms with Gasteiger partial charge in [0.2, 0.25) is 0 Å². The van der Waals surface area contributed by atoms with Crippen LogP contribution >= 0.6 is 11.3 Å². The number of ether oxygens (including phenoxy) is 2. The Morgan fingerprint density at radius 3 is 2.75 bits per heavy atom. The van der Waals surface area contributed by atoms with Crippen LogP contribution in [-0.4, -0.2) is 18.1 Å². The second-order valence-corrected chi connectivity index (χ2v) is 4.96. The maximum Gasteiger partial charge on any atom is 0.343 e. The SMILES string of the molecule is COc1ccccc1OC(=O)c1ccc2ncsc2c1. The van der Waals surface area contributed by atoms with Crippen molar-refractivity contribution in [3.05, 3.63) is 53.5 Å². The van der Waals surface area contributed by atoms with Gasteiger partial charge in [0.25, 0.3) is 0 Å². The molecular formula is C15H11NO3S. The fourth-order valence-corrected chi connectivity index (χ4v) is 2.56. The smallest absolute Gasteiger partial charge is 0.343 e. The number of para-hydroxylation sites is 2. The number of thiazole rings is 1. The zero-order chi connectivity index (χ0) is 13.9. The van der Waals surface area contributed by atoms with E-state index in [2.05, 4.69) is 4.98 Å². The molecule has 0 N–H and O–H groups in total. The zero-order valence-electron chi connectivity index (χ0n) is 10.7. The van der Waals surface area contributed by atoms with Gasteiger partial charge >= 0.3 is 5.97 Å². The molecule has 0 amide bonds. The number of hydrogen-bond donors (Lipinski definition) is 0. The first-order chi connectivity index (χ1) is 9.78. The zero-order valence-corrected chi connectivity index (χ0v) is 11.5. The van der Waals surface area contributed by atoms with Gasteiger partial charge < -0.3 is 9.47 Å². The van der Waals surface area contributed by atoms with Crippen molar-refractivity contribution in [2.75, 3.05) is 7.11 Å². The molecule has 0 saturated carbocycles. The van der Waals surface area contributed by atoms with Crippen molar-refractivity contribution < 1.29 is 14.3 Å². The number of nitrogens with zero attached hydrogens (tertiary/aromatic N) is 1. The fraction of sp³-hybridized carbons (Fsp3) is 0.0667. The second-order valence-electron chi connectivity index (χ2n) is 4.08. The summed E-state index contributed by atoms with van der Waals surface area (Å²) in [6.45, 7) is 0. The standard InChI is InChI=1S/C15H11NO3S/c1-18-12-4-2-3-5-13(12)19-15(17)10-6-7-11-14(8-10)20-9-16-11/h2-9H,1H3. The topological polar surface area (TPSA) is 48.4 Å². The van der Waals surface area contributed by atoms with E-state index in [-0.39, 0.29) is 0 Å². The second kappa shape index (κ2) is 5.30. The van der Waals surface area contributed by atoms with Gasteiger partial charge in [-0.1, -0.05) is 12.1 Å². The highest BCUT2D eigenvalue weighted by Crippen LogP contribution is 2.27. The summed E-state index contributed by atoms with van der Waals surface area (Å²) in [6.07, 6.45) is 0. The molecule has 0 atom stereocenters. The number of benzene rings is 2. The summed E-state index contributed by atoms with van der Waals surface area (Å²) in [6, 6.07) is 12.4. The lowest BCUT2D eigenvalue weighted by Crippen LogP contribution is -2.09. The highest BCUT2D eigenvalue weighted by molar-refractivity contribution is 7.16. The summed E-state index contributed by atoms with van der Waals surface area (Å²) in [4.78, 5) is 16.3. The number of carbonyl (C=O) groups excluding carboxylic acids is 1. The lowest BCUT2D eigenvalue weighted by atomic mass is 10.2. The van der Waals surface area contributed by atoms with E-state index in [9.17, 15) is 4.79 Å².